The van der Waals surface area contributed by atoms with E-state index < -0.39 is 0 Å². The van der Waals surface area contributed by atoms with Crippen LogP contribution in [0.4, 0.5) is 0 Å². The van der Waals surface area contributed by atoms with Crippen LogP contribution < -0.4 is 11.1 Å². The second kappa shape index (κ2) is 4.60. The van der Waals surface area contributed by atoms with Crippen molar-refractivity contribution in [2.24, 2.45) is 11.1 Å². The molecule has 0 amide bonds. The van der Waals surface area contributed by atoms with Gasteiger partial charge in [-0.05, 0) is 18.3 Å². The molecule has 0 spiro atoms. The maximum atomic E-state index is 6.12. The lowest BCUT2D eigenvalue weighted by molar-refractivity contribution is 0.277. The zero-order chi connectivity index (χ0) is 10.7. The summed E-state index contributed by atoms with van der Waals surface area (Å²) in [5.74, 6) is 0. The van der Waals surface area contributed by atoms with Crippen molar-refractivity contribution in [2.45, 2.75) is 38.8 Å². The van der Waals surface area contributed by atoms with Gasteiger partial charge in [-0.3, -0.25) is 4.98 Å². The quantitative estimate of drug-likeness (QED) is 0.821. The van der Waals surface area contributed by atoms with E-state index in [1.807, 2.05) is 11.7 Å². The highest BCUT2D eigenvalue weighted by molar-refractivity contribution is 7.09. The summed E-state index contributed by atoms with van der Waals surface area (Å²) in [6.45, 7) is 4.24. The van der Waals surface area contributed by atoms with E-state index in [-0.39, 0.29) is 0 Å². The van der Waals surface area contributed by atoms with Gasteiger partial charge in [0.25, 0.3) is 0 Å². The molecule has 1 aromatic rings. The molecule has 84 valence electrons. The van der Waals surface area contributed by atoms with E-state index in [0.29, 0.717) is 11.5 Å². The van der Waals surface area contributed by atoms with Crippen LogP contribution in [-0.2, 0) is 6.54 Å². The molecule has 1 fully saturated rings. The minimum Gasteiger partial charge on any atom is -0.327 e. The third-order valence-electron chi connectivity index (χ3n) is 3.47. The van der Waals surface area contributed by atoms with Crippen LogP contribution in [0.5, 0.6) is 0 Å². The number of thiazole rings is 1. The van der Waals surface area contributed by atoms with Crippen molar-refractivity contribution in [3.8, 4) is 0 Å². The Balaban J connectivity index is 1.78. The minimum atomic E-state index is 0.296. The summed E-state index contributed by atoms with van der Waals surface area (Å²) in [5.41, 5.74) is 8.29. The smallest absolute Gasteiger partial charge is 0.0794 e. The number of nitrogens with one attached hydrogen (secondary N) is 1. The standard InChI is InChI=1S/C11H19N3S/c1-11(4-2-3-10(11)12)7-13-5-9-6-14-8-15-9/h6,8,10,13H,2-5,7,12H2,1H3. The highest BCUT2D eigenvalue weighted by atomic mass is 32.1. The van der Waals surface area contributed by atoms with Gasteiger partial charge in [-0.15, -0.1) is 11.3 Å². The fraction of sp³-hybridized carbons (Fsp3) is 0.727. The molecule has 0 aliphatic heterocycles. The lowest BCUT2D eigenvalue weighted by Crippen LogP contribution is -2.42. The maximum absolute atomic E-state index is 6.12. The van der Waals surface area contributed by atoms with Crippen LogP contribution in [0.25, 0.3) is 0 Å². The van der Waals surface area contributed by atoms with Crippen molar-refractivity contribution in [2.75, 3.05) is 6.54 Å². The molecule has 3 nitrogen and oxygen atoms in total. The Morgan fingerprint density at radius 1 is 1.73 bits per heavy atom. The Kier molecular flexibility index (Phi) is 3.38. The molecule has 1 aliphatic rings. The fourth-order valence-corrected chi connectivity index (χ4v) is 2.84. The molecule has 1 aromatic heterocycles. The monoisotopic (exact) mass is 225 g/mol. The Bertz CT molecular complexity index is 299. The van der Waals surface area contributed by atoms with Crippen molar-refractivity contribution in [1.29, 1.82) is 0 Å². The fourth-order valence-electron chi connectivity index (χ4n) is 2.28. The first-order chi connectivity index (χ1) is 7.21. The summed E-state index contributed by atoms with van der Waals surface area (Å²) in [5, 5.41) is 3.49. The van der Waals surface area contributed by atoms with E-state index in [4.69, 9.17) is 5.73 Å². The number of hydrogen-bond acceptors (Lipinski definition) is 4. The largest absolute Gasteiger partial charge is 0.327 e. The molecule has 15 heavy (non-hydrogen) atoms. The van der Waals surface area contributed by atoms with Crippen LogP contribution in [0.2, 0.25) is 0 Å². The first kappa shape index (κ1) is 11.0. The molecule has 3 N–H and O–H groups in total. The van der Waals surface area contributed by atoms with Crippen LogP contribution in [-0.4, -0.2) is 17.6 Å². The Labute approximate surface area is 95.1 Å². The lowest BCUT2D eigenvalue weighted by atomic mass is 9.85. The van der Waals surface area contributed by atoms with Gasteiger partial charge in [0.2, 0.25) is 0 Å². The van der Waals surface area contributed by atoms with Crippen LogP contribution in [0.1, 0.15) is 31.1 Å². The summed E-state index contributed by atoms with van der Waals surface area (Å²) >= 11 is 1.70. The van der Waals surface area contributed by atoms with Crippen LogP contribution in [0.3, 0.4) is 0 Å². The molecule has 0 bridgehead atoms. The van der Waals surface area contributed by atoms with Crippen molar-refractivity contribution >= 4 is 11.3 Å². The molecule has 2 atom stereocenters. The molecule has 2 unspecified atom stereocenters. The number of nitrogens with two attached hydrogens (primary N) is 1. The molecule has 1 heterocycles. The van der Waals surface area contributed by atoms with E-state index in [9.17, 15) is 0 Å². The number of rotatable bonds is 4. The Morgan fingerprint density at radius 3 is 3.20 bits per heavy atom. The number of nitrogens with zero attached hydrogens (tertiary/aromatic N) is 1. The van der Waals surface area contributed by atoms with E-state index in [2.05, 4.69) is 17.2 Å². The van der Waals surface area contributed by atoms with E-state index in [1.165, 1.54) is 24.1 Å². The topological polar surface area (TPSA) is 50.9 Å². The highest BCUT2D eigenvalue weighted by Gasteiger charge is 2.35. The maximum Gasteiger partial charge on any atom is 0.0794 e. The molecule has 0 radical (unpaired) electrons. The Morgan fingerprint density at radius 2 is 2.60 bits per heavy atom. The van der Waals surface area contributed by atoms with Crippen molar-refractivity contribution in [1.82, 2.24) is 10.3 Å². The SMILES string of the molecule is CC1(CNCc2cncs2)CCCC1N. The Hall–Kier alpha value is -0.450. The van der Waals surface area contributed by atoms with E-state index in [1.54, 1.807) is 11.3 Å². The van der Waals surface area contributed by atoms with E-state index in [0.717, 1.165) is 13.1 Å². The first-order valence-corrected chi connectivity index (χ1v) is 6.42. The molecule has 0 saturated heterocycles. The summed E-state index contributed by atoms with van der Waals surface area (Å²) in [6, 6.07) is 0.367. The van der Waals surface area contributed by atoms with Crippen molar-refractivity contribution in [3.05, 3.63) is 16.6 Å². The van der Waals surface area contributed by atoms with Gasteiger partial charge in [0.1, 0.15) is 0 Å². The van der Waals surface area contributed by atoms with Gasteiger partial charge in [-0.1, -0.05) is 13.3 Å². The summed E-state index contributed by atoms with van der Waals surface area (Å²) in [4.78, 5) is 5.36. The first-order valence-electron chi connectivity index (χ1n) is 5.54. The molecule has 4 heteroatoms. The lowest BCUT2D eigenvalue weighted by Gasteiger charge is -2.29. The van der Waals surface area contributed by atoms with Crippen LogP contribution >= 0.6 is 11.3 Å². The number of aromatic nitrogens is 1. The third kappa shape index (κ3) is 2.56. The molecular formula is C11H19N3S. The van der Waals surface area contributed by atoms with Crippen molar-refractivity contribution in [3.63, 3.8) is 0 Å². The molecule has 0 aromatic carbocycles. The van der Waals surface area contributed by atoms with Crippen LogP contribution in [0.15, 0.2) is 11.7 Å². The van der Waals surface area contributed by atoms with Gasteiger partial charge in [0, 0.05) is 30.2 Å². The summed E-state index contributed by atoms with van der Waals surface area (Å²) < 4.78 is 0. The van der Waals surface area contributed by atoms with Crippen molar-refractivity contribution < 1.29 is 0 Å². The predicted molar refractivity (Wildman–Crippen MR) is 63.8 cm³/mol. The second-order valence-corrected chi connectivity index (χ2v) is 5.69. The summed E-state index contributed by atoms with van der Waals surface area (Å²) in [7, 11) is 0. The van der Waals surface area contributed by atoms with Gasteiger partial charge in [0.05, 0.1) is 5.51 Å². The third-order valence-corrected chi connectivity index (χ3v) is 4.25. The zero-order valence-electron chi connectivity index (χ0n) is 9.20. The van der Waals surface area contributed by atoms with Gasteiger partial charge >= 0.3 is 0 Å². The minimum absolute atomic E-state index is 0.296. The average Bonchev–Trinajstić information content (AvgIpc) is 2.79. The van der Waals surface area contributed by atoms with Gasteiger partial charge in [-0.2, -0.15) is 0 Å². The number of hydrogen-bond donors (Lipinski definition) is 2. The van der Waals surface area contributed by atoms with Gasteiger partial charge in [-0.25, -0.2) is 0 Å². The zero-order valence-corrected chi connectivity index (χ0v) is 10.0. The second-order valence-electron chi connectivity index (χ2n) is 4.72. The average molecular weight is 225 g/mol. The summed E-state index contributed by atoms with van der Waals surface area (Å²) in [6.07, 6.45) is 5.64. The molecule has 2 rings (SSSR count). The normalized spacial score (nSPS) is 30.9. The van der Waals surface area contributed by atoms with E-state index >= 15 is 0 Å². The molecular weight excluding hydrogens is 206 g/mol. The molecule has 1 saturated carbocycles. The van der Waals surface area contributed by atoms with Crippen LogP contribution in [0, 0.1) is 5.41 Å². The van der Waals surface area contributed by atoms with Gasteiger partial charge in [0.15, 0.2) is 0 Å². The molecule has 1 aliphatic carbocycles. The predicted octanol–water partition coefficient (Wildman–Crippen LogP) is 1.75. The van der Waals surface area contributed by atoms with Gasteiger partial charge < -0.3 is 11.1 Å². The highest BCUT2D eigenvalue weighted by Crippen LogP contribution is 2.35.